The van der Waals surface area contributed by atoms with Gasteiger partial charge in [-0.15, -0.1) is 0 Å². The minimum Gasteiger partial charge on any atom is -0.465 e. The summed E-state index contributed by atoms with van der Waals surface area (Å²) in [6, 6.07) is 8.07. The van der Waals surface area contributed by atoms with Crippen LogP contribution in [0, 0.1) is 6.92 Å². The molecule has 2 heterocycles. The number of hydrogen-bond donors (Lipinski definition) is 1. The van der Waals surface area contributed by atoms with Gasteiger partial charge in [0.15, 0.2) is 0 Å². The lowest BCUT2D eigenvalue weighted by atomic mass is 10.2. The highest BCUT2D eigenvalue weighted by Crippen LogP contribution is 2.11. The number of rotatable bonds is 5. The van der Waals surface area contributed by atoms with Crippen molar-refractivity contribution in [3.8, 4) is 0 Å². The molecule has 0 atom stereocenters. The Balaban J connectivity index is 1.96. The Morgan fingerprint density at radius 1 is 1.28 bits per heavy atom. The van der Waals surface area contributed by atoms with Crippen LogP contribution in [0.2, 0.25) is 0 Å². The Kier molecular flexibility index (Phi) is 4.12. The van der Waals surface area contributed by atoms with E-state index >= 15 is 0 Å². The second-order valence-electron chi connectivity index (χ2n) is 4.54. The average molecular weight is 245 g/mol. The second kappa shape index (κ2) is 5.80. The fraction of sp³-hybridized carbons (Fsp3) is 0.357. The van der Waals surface area contributed by atoms with Crippen LogP contribution >= 0.6 is 0 Å². The van der Waals surface area contributed by atoms with Crippen molar-refractivity contribution in [3.63, 3.8) is 0 Å². The summed E-state index contributed by atoms with van der Waals surface area (Å²) in [5, 5.41) is 0. The first-order chi connectivity index (χ1) is 8.67. The SMILES string of the molecule is Cc1ccc(CN(C)Cc2ccnc(CN)c2)o1. The molecule has 4 nitrogen and oxygen atoms in total. The fourth-order valence-electron chi connectivity index (χ4n) is 1.94. The summed E-state index contributed by atoms with van der Waals surface area (Å²) in [6.45, 7) is 4.10. The molecule has 0 saturated carbocycles. The third kappa shape index (κ3) is 3.42. The third-order valence-electron chi connectivity index (χ3n) is 2.76. The number of aryl methyl sites for hydroxylation is 1. The van der Waals surface area contributed by atoms with Gasteiger partial charge in [0.2, 0.25) is 0 Å². The van der Waals surface area contributed by atoms with Gasteiger partial charge in [-0.25, -0.2) is 0 Å². The van der Waals surface area contributed by atoms with E-state index in [1.807, 2.05) is 37.4 Å². The predicted octanol–water partition coefficient (Wildman–Crippen LogP) is 2.07. The highest BCUT2D eigenvalue weighted by molar-refractivity contribution is 5.16. The Hall–Kier alpha value is -1.65. The summed E-state index contributed by atoms with van der Waals surface area (Å²) in [5.41, 5.74) is 7.73. The van der Waals surface area contributed by atoms with Crippen LogP contribution in [0.1, 0.15) is 22.8 Å². The topological polar surface area (TPSA) is 55.3 Å². The van der Waals surface area contributed by atoms with Gasteiger partial charge in [-0.3, -0.25) is 9.88 Å². The van der Waals surface area contributed by atoms with Crippen LogP contribution in [0.5, 0.6) is 0 Å². The maximum atomic E-state index is 5.58. The second-order valence-corrected chi connectivity index (χ2v) is 4.54. The molecule has 18 heavy (non-hydrogen) atoms. The lowest BCUT2D eigenvalue weighted by Crippen LogP contribution is -2.17. The van der Waals surface area contributed by atoms with Crippen molar-refractivity contribution < 1.29 is 4.42 Å². The van der Waals surface area contributed by atoms with Crippen LogP contribution in [-0.2, 0) is 19.6 Å². The monoisotopic (exact) mass is 245 g/mol. The van der Waals surface area contributed by atoms with Crippen molar-refractivity contribution in [2.24, 2.45) is 5.73 Å². The molecule has 0 radical (unpaired) electrons. The van der Waals surface area contributed by atoms with E-state index in [4.69, 9.17) is 10.2 Å². The van der Waals surface area contributed by atoms with E-state index in [-0.39, 0.29) is 0 Å². The molecule has 0 aliphatic heterocycles. The number of aromatic nitrogens is 1. The molecular weight excluding hydrogens is 226 g/mol. The molecule has 2 aromatic heterocycles. The van der Waals surface area contributed by atoms with E-state index in [0.717, 1.165) is 30.3 Å². The Morgan fingerprint density at radius 3 is 2.78 bits per heavy atom. The van der Waals surface area contributed by atoms with Crippen molar-refractivity contribution in [2.45, 2.75) is 26.6 Å². The minimum atomic E-state index is 0.481. The highest BCUT2D eigenvalue weighted by Gasteiger charge is 2.05. The Morgan fingerprint density at radius 2 is 2.11 bits per heavy atom. The van der Waals surface area contributed by atoms with Crippen LogP contribution in [0.3, 0.4) is 0 Å². The number of hydrogen-bond acceptors (Lipinski definition) is 4. The first-order valence-electron chi connectivity index (χ1n) is 6.05. The van der Waals surface area contributed by atoms with Gasteiger partial charge in [-0.2, -0.15) is 0 Å². The van der Waals surface area contributed by atoms with Crippen LogP contribution in [0.15, 0.2) is 34.9 Å². The molecule has 0 saturated heterocycles. The average Bonchev–Trinajstić information content (AvgIpc) is 2.74. The van der Waals surface area contributed by atoms with E-state index in [1.165, 1.54) is 5.56 Å². The lowest BCUT2D eigenvalue weighted by molar-refractivity contribution is 0.285. The summed E-state index contributed by atoms with van der Waals surface area (Å²) < 4.78 is 5.56. The number of nitrogens with two attached hydrogens (primary N) is 1. The third-order valence-corrected chi connectivity index (χ3v) is 2.76. The zero-order valence-electron chi connectivity index (χ0n) is 10.9. The van der Waals surface area contributed by atoms with E-state index < -0.39 is 0 Å². The summed E-state index contributed by atoms with van der Waals surface area (Å²) in [7, 11) is 2.07. The zero-order chi connectivity index (χ0) is 13.0. The molecule has 0 amide bonds. The highest BCUT2D eigenvalue weighted by atomic mass is 16.3. The van der Waals surface area contributed by atoms with Crippen LogP contribution in [0.25, 0.3) is 0 Å². The fourth-order valence-corrected chi connectivity index (χ4v) is 1.94. The molecule has 4 heteroatoms. The van der Waals surface area contributed by atoms with Gasteiger partial charge in [0.1, 0.15) is 11.5 Å². The van der Waals surface area contributed by atoms with E-state index in [2.05, 4.69) is 16.9 Å². The first kappa shape index (κ1) is 12.8. The molecule has 0 fully saturated rings. The molecule has 0 aliphatic rings. The summed E-state index contributed by atoms with van der Waals surface area (Å²) in [6.07, 6.45) is 1.81. The molecule has 0 aromatic carbocycles. The molecule has 0 bridgehead atoms. The van der Waals surface area contributed by atoms with Crippen molar-refractivity contribution in [2.75, 3.05) is 7.05 Å². The van der Waals surface area contributed by atoms with Crippen molar-refractivity contribution >= 4 is 0 Å². The van der Waals surface area contributed by atoms with Crippen LogP contribution < -0.4 is 5.73 Å². The molecule has 0 aliphatic carbocycles. The molecule has 2 aromatic rings. The maximum Gasteiger partial charge on any atom is 0.118 e. The van der Waals surface area contributed by atoms with Crippen molar-refractivity contribution in [1.82, 2.24) is 9.88 Å². The van der Waals surface area contributed by atoms with Gasteiger partial charge < -0.3 is 10.2 Å². The maximum absolute atomic E-state index is 5.58. The zero-order valence-corrected chi connectivity index (χ0v) is 10.9. The van der Waals surface area contributed by atoms with Gasteiger partial charge in [0.05, 0.1) is 12.2 Å². The summed E-state index contributed by atoms with van der Waals surface area (Å²) >= 11 is 0. The summed E-state index contributed by atoms with van der Waals surface area (Å²) in [4.78, 5) is 6.39. The van der Waals surface area contributed by atoms with Gasteiger partial charge in [0.25, 0.3) is 0 Å². The standard InChI is InChI=1S/C14H19N3O/c1-11-3-4-14(18-11)10-17(2)9-12-5-6-16-13(7-12)8-15/h3-7H,8-10,15H2,1-2H3. The summed E-state index contributed by atoms with van der Waals surface area (Å²) in [5.74, 6) is 1.94. The predicted molar refractivity (Wildman–Crippen MR) is 70.7 cm³/mol. The minimum absolute atomic E-state index is 0.481. The smallest absolute Gasteiger partial charge is 0.118 e. The van der Waals surface area contributed by atoms with Gasteiger partial charge >= 0.3 is 0 Å². The first-order valence-corrected chi connectivity index (χ1v) is 6.05. The molecule has 96 valence electrons. The Bertz CT molecular complexity index is 507. The molecule has 0 spiro atoms. The van der Waals surface area contributed by atoms with Gasteiger partial charge in [-0.05, 0) is 43.8 Å². The van der Waals surface area contributed by atoms with Gasteiger partial charge in [-0.1, -0.05) is 0 Å². The van der Waals surface area contributed by atoms with Gasteiger partial charge in [0, 0.05) is 19.3 Å². The number of nitrogens with zero attached hydrogens (tertiary/aromatic N) is 2. The quantitative estimate of drug-likeness (QED) is 0.876. The van der Waals surface area contributed by atoms with Crippen molar-refractivity contribution in [3.05, 3.63) is 53.2 Å². The molecule has 2 rings (SSSR count). The number of furan rings is 1. The number of pyridine rings is 1. The lowest BCUT2D eigenvalue weighted by Gasteiger charge is -2.15. The largest absolute Gasteiger partial charge is 0.465 e. The Labute approximate surface area is 107 Å². The van der Waals surface area contributed by atoms with E-state index in [1.54, 1.807) is 0 Å². The normalized spacial score (nSPS) is 11.1. The van der Waals surface area contributed by atoms with Crippen LogP contribution in [-0.4, -0.2) is 16.9 Å². The van der Waals surface area contributed by atoms with E-state index in [9.17, 15) is 0 Å². The van der Waals surface area contributed by atoms with Crippen molar-refractivity contribution in [1.29, 1.82) is 0 Å². The van der Waals surface area contributed by atoms with E-state index in [0.29, 0.717) is 6.54 Å². The molecule has 0 unspecified atom stereocenters. The van der Waals surface area contributed by atoms with Crippen LogP contribution in [0.4, 0.5) is 0 Å². The molecule has 2 N–H and O–H groups in total. The molecular formula is C14H19N3O.